The minimum absolute atomic E-state index is 0.0301. The first-order valence-electron chi connectivity index (χ1n) is 7.18. The molecule has 2 amide bonds. The molecule has 108 valence electrons. The molecule has 0 aromatic heterocycles. The zero-order chi connectivity index (χ0) is 16.1. The molecule has 0 bridgehead atoms. The molecule has 1 fully saturated rings. The van der Waals surface area contributed by atoms with Crippen LogP contribution in [-0.4, -0.2) is 34.3 Å². The Balaban J connectivity index is 2.08. The average molecular weight is 287 g/mol. The van der Waals surface area contributed by atoms with Gasteiger partial charge in [-0.3, -0.25) is 24.1 Å². The maximum Gasteiger partial charge on any atom is 0.264 e. The lowest BCUT2D eigenvalue weighted by Crippen LogP contribution is -2.44. The second-order valence-electron chi connectivity index (χ2n) is 5.15. The molecule has 1 aromatic rings. The van der Waals surface area contributed by atoms with Gasteiger partial charge in [-0.25, -0.2) is 0 Å². The number of carbonyl (C=O) groups excluding carboxylic acids is 4. The predicted octanol–water partition coefficient (Wildman–Crippen LogP) is 0.946. The van der Waals surface area contributed by atoms with Crippen molar-refractivity contribution in [1.29, 1.82) is 0 Å². The van der Waals surface area contributed by atoms with Crippen molar-refractivity contribution in [3.8, 4) is 0 Å². The van der Waals surface area contributed by atoms with Crippen LogP contribution in [0.25, 0.3) is 0 Å². The molecule has 0 saturated heterocycles. The molecular formula is C15H14N2O4. The highest BCUT2D eigenvalue weighted by Gasteiger charge is 2.44. The van der Waals surface area contributed by atoms with Crippen molar-refractivity contribution >= 4 is 29.1 Å². The Morgan fingerprint density at radius 3 is 2.67 bits per heavy atom. The zero-order valence-corrected chi connectivity index (χ0v) is 11.2. The van der Waals surface area contributed by atoms with Gasteiger partial charge in [-0.1, -0.05) is 6.07 Å². The lowest BCUT2D eigenvalue weighted by molar-refractivity contribution is -0.128. The zero-order valence-electron chi connectivity index (χ0n) is 12.2. The lowest BCUT2D eigenvalue weighted by atomic mass is 10.1. The summed E-state index contributed by atoms with van der Waals surface area (Å²) in [5, 5.41) is 0. The van der Waals surface area contributed by atoms with E-state index in [2.05, 4.69) is 0 Å². The molecule has 1 aromatic carbocycles. The van der Waals surface area contributed by atoms with Crippen LogP contribution >= 0.6 is 0 Å². The van der Waals surface area contributed by atoms with Crippen LogP contribution in [0.3, 0.4) is 0 Å². The number of anilines is 1. The summed E-state index contributed by atoms with van der Waals surface area (Å²) in [5.41, 5.74) is 6.01. The van der Waals surface area contributed by atoms with Crippen LogP contribution in [0.15, 0.2) is 18.2 Å². The van der Waals surface area contributed by atoms with E-state index < -0.39 is 30.0 Å². The third-order valence-corrected chi connectivity index (χ3v) is 3.77. The van der Waals surface area contributed by atoms with Crippen molar-refractivity contribution in [1.82, 2.24) is 4.90 Å². The van der Waals surface area contributed by atoms with Gasteiger partial charge >= 0.3 is 0 Å². The third kappa shape index (κ3) is 2.03. The van der Waals surface area contributed by atoms with E-state index in [1.165, 1.54) is 18.2 Å². The predicted molar refractivity (Wildman–Crippen MR) is 73.6 cm³/mol. The van der Waals surface area contributed by atoms with E-state index in [9.17, 15) is 19.2 Å². The molecule has 6 heteroatoms. The van der Waals surface area contributed by atoms with E-state index in [1.807, 2.05) is 0 Å². The molecule has 0 spiro atoms. The maximum absolute atomic E-state index is 12.5. The fraction of sp³-hybridized carbons (Fsp3) is 0.333. The normalized spacial score (nSPS) is 26.7. The van der Waals surface area contributed by atoms with Crippen molar-refractivity contribution in [3.05, 3.63) is 29.3 Å². The molecule has 0 radical (unpaired) electrons. The van der Waals surface area contributed by atoms with Crippen molar-refractivity contribution in [2.45, 2.75) is 31.7 Å². The molecular weight excluding hydrogens is 272 g/mol. The van der Waals surface area contributed by atoms with Crippen LogP contribution < -0.4 is 5.73 Å². The highest BCUT2D eigenvalue weighted by molar-refractivity contribution is 6.25. The topological polar surface area (TPSA) is 97.5 Å². The fourth-order valence-electron chi connectivity index (χ4n) is 2.76. The summed E-state index contributed by atoms with van der Waals surface area (Å²) in [6.07, 6.45) is 0.00394. The number of carbonyl (C=O) groups is 4. The summed E-state index contributed by atoms with van der Waals surface area (Å²) in [7, 11) is 0. The third-order valence-electron chi connectivity index (χ3n) is 3.77. The van der Waals surface area contributed by atoms with Crippen LogP contribution in [-0.2, 0) is 9.59 Å². The molecule has 1 aliphatic heterocycles. The molecule has 1 heterocycles. The van der Waals surface area contributed by atoms with Gasteiger partial charge in [-0.2, -0.15) is 0 Å². The van der Waals surface area contributed by atoms with Crippen LogP contribution in [0.1, 0.15) is 47.8 Å². The summed E-state index contributed by atoms with van der Waals surface area (Å²) in [4.78, 5) is 49.5. The first-order chi connectivity index (χ1) is 10.4. The number of nitrogens with two attached hydrogens (primary N) is 1. The van der Waals surface area contributed by atoms with Gasteiger partial charge < -0.3 is 5.73 Å². The molecule has 0 unspecified atom stereocenters. The molecule has 1 aliphatic carbocycles. The highest BCUT2D eigenvalue weighted by Crippen LogP contribution is 2.31. The molecule has 21 heavy (non-hydrogen) atoms. The van der Waals surface area contributed by atoms with Crippen molar-refractivity contribution < 1.29 is 20.5 Å². The molecule has 1 saturated carbocycles. The second kappa shape index (κ2) is 4.80. The van der Waals surface area contributed by atoms with Crippen molar-refractivity contribution in [2.75, 3.05) is 5.73 Å². The quantitative estimate of drug-likeness (QED) is 0.359. The van der Waals surface area contributed by atoms with Crippen molar-refractivity contribution in [2.24, 2.45) is 0 Å². The van der Waals surface area contributed by atoms with Gasteiger partial charge in [0.05, 0.1) is 24.9 Å². The molecule has 3 rings (SSSR count). The summed E-state index contributed by atoms with van der Waals surface area (Å²) < 4.78 is 8.40. The maximum atomic E-state index is 12.5. The second-order valence-corrected chi connectivity index (χ2v) is 5.15. The molecule has 6 nitrogen and oxygen atoms in total. The number of nitrogen functional groups attached to an aromatic ring is 1. The van der Waals surface area contributed by atoms with Crippen molar-refractivity contribution in [3.63, 3.8) is 0 Å². The Labute approximate surface area is 122 Å². The Bertz CT molecular complexity index is 730. The van der Waals surface area contributed by atoms with Gasteiger partial charge in [-0.15, -0.1) is 0 Å². The first kappa shape index (κ1) is 12.3. The smallest absolute Gasteiger partial charge is 0.264 e. The number of fused-ring (bicyclic) bond motifs is 1. The summed E-state index contributed by atoms with van der Waals surface area (Å²) in [6, 6.07) is 2.44. The van der Waals surface area contributed by atoms with Gasteiger partial charge in [0, 0.05) is 12.1 Å². The van der Waals surface area contributed by atoms with E-state index in [1.54, 1.807) is 0 Å². The number of hydrogen-bond donors (Lipinski definition) is 1. The minimum Gasteiger partial charge on any atom is -0.398 e. The highest BCUT2D eigenvalue weighted by atomic mass is 16.2. The van der Waals surface area contributed by atoms with Gasteiger partial charge in [-0.05, 0) is 25.0 Å². The Hall–Kier alpha value is -2.50. The van der Waals surface area contributed by atoms with Crippen LogP contribution in [0, 0.1) is 0 Å². The van der Waals surface area contributed by atoms with Crippen LogP contribution in [0.4, 0.5) is 5.69 Å². The summed E-state index contributed by atoms with van der Waals surface area (Å²) >= 11 is 0. The summed E-state index contributed by atoms with van der Waals surface area (Å²) in [5.74, 6) is -2.43. The molecule has 2 N–H and O–H groups in total. The van der Waals surface area contributed by atoms with E-state index in [0.717, 1.165) is 0 Å². The number of Topliss-reactive ketones (excluding diaryl/α,β-unsaturated/α-hetero) is 2. The number of imide groups is 1. The number of nitrogens with zero attached hydrogens (tertiary/aromatic N) is 1. The van der Waals surface area contributed by atoms with Crippen LogP contribution in [0.2, 0.25) is 0 Å². The van der Waals surface area contributed by atoms with Crippen LogP contribution in [0.5, 0.6) is 0 Å². The number of rotatable bonds is 1. The number of amides is 2. The standard InChI is InChI=1S/C15H14N2O4/c16-10-5-2-4-9-13(10)15(21)17(14(9)20)11-6-1-3-8(18)7-12(11)19/h2,4-5,11H,1,3,6-7,16H2/t11-/m1/s1/i11D. The Kier molecular flexibility index (Phi) is 2.80. The molecule has 2 aliphatic rings. The first-order valence-corrected chi connectivity index (χ1v) is 6.68. The van der Waals surface area contributed by atoms with Gasteiger partial charge in [0.15, 0.2) is 5.78 Å². The van der Waals surface area contributed by atoms with Gasteiger partial charge in [0.2, 0.25) is 0 Å². The molecule has 1 atom stereocenters. The van der Waals surface area contributed by atoms with E-state index in [-0.39, 0.29) is 41.9 Å². The Morgan fingerprint density at radius 2 is 1.95 bits per heavy atom. The minimum atomic E-state index is -2.04. The average Bonchev–Trinajstić information content (AvgIpc) is 2.63. The van der Waals surface area contributed by atoms with Gasteiger partial charge in [0.1, 0.15) is 5.78 Å². The fourth-order valence-corrected chi connectivity index (χ4v) is 2.76. The van der Waals surface area contributed by atoms with Gasteiger partial charge in [0.25, 0.3) is 11.8 Å². The largest absolute Gasteiger partial charge is 0.398 e. The van der Waals surface area contributed by atoms with E-state index >= 15 is 0 Å². The van der Waals surface area contributed by atoms with E-state index in [0.29, 0.717) is 4.90 Å². The Morgan fingerprint density at radius 1 is 1.19 bits per heavy atom. The van der Waals surface area contributed by atoms with E-state index in [4.69, 9.17) is 7.10 Å². The summed E-state index contributed by atoms with van der Waals surface area (Å²) in [6.45, 7) is 0. The number of hydrogen-bond acceptors (Lipinski definition) is 5. The SMILES string of the molecule is [2H][C@@]1(N2C(=O)c3cccc(N)c3C2=O)CCCC(=O)CC1=O. The lowest BCUT2D eigenvalue weighted by Gasteiger charge is -2.23. The number of benzene rings is 1. The number of ketones is 2. The monoisotopic (exact) mass is 287 g/mol.